The number of hydrogen-bond acceptors (Lipinski definition) is 6. The number of hydrogen-bond donors (Lipinski definition) is 3. The Morgan fingerprint density at radius 2 is 2.16 bits per heavy atom. The van der Waals surface area contributed by atoms with Crippen molar-refractivity contribution in [2.24, 2.45) is 5.92 Å². The molecule has 6 heteroatoms. The number of nitrogens with zero attached hydrogens (tertiary/aromatic N) is 2. The fourth-order valence-electron chi connectivity index (χ4n) is 2.40. The summed E-state index contributed by atoms with van der Waals surface area (Å²) in [5.41, 5.74) is 0. The summed E-state index contributed by atoms with van der Waals surface area (Å²) in [6, 6.07) is 1.86. The van der Waals surface area contributed by atoms with E-state index in [9.17, 15) is 5.11 Å². The maximum atomic E-state index is 9.80. The van der Waals surface area contributed by atoms with Gasteiger partial charge in [0.25, 0.3) is 0 Å². The Balaban J connectivity index is 2.00. The van der Waals surface area contributed by atoms with Gasteiger partial charge < -0.3 is 20.5 Å². The third-order valence-corrected chi connectivity index (χ3v) is 3.47. The topological polar surface area (TPSA) is 79.3 Å². The van der Waals surface area contributed by atoms with E-state index < -0.39 is 0 Å². The molecule has 1 fully saturated rings. The fraction of sp³-hybridized carbons (Fsp3) is 0.692. The zero-order valence-electron chi connectivity index (χ0n) is 11.5. The van der Waals surface area contributed by atoms with Gasteiger partial charge in [-0.25, -0.2) is 9.97 Å². The average molecular weight is 266 g/mol. The molecule has 6 nitrogen and oxygen atoms in total. The van der Waals surface area contributed by atoms with Crippen molar-refractivity contribution in [1.82, 2.24) is 9.97 Å². The highest BCUT2D eigenvalue weighted by molar-refractivity contribution is 5.47. The highest BCUT2D eigenvalue weighted by atomic mass is 16.5. The number of methoxy groups -OCH3 is 1. The Kier molecular flexibility index (Phi) is 4.93. The molecule has 0 spiro atoms. The van der Waals surface area contributed by atoms with E-state index in [1.165, 1.54) is 0 Å². The first-order chi connectivity index (χ1) is 9.22. The number of aliphatic hydroxyl groups is 1. The lowest BCUT2D eigenvalue weighted by Gasteiger charge is -2.16. The SMILES string of the molecule is CNc1cc(NCC2CCCC2O)nc(COC)n1. The number of nitrogens with one attached hydrogen (secondary N) is 2. The highest BCUT2D eigenvalue weighted by Gasteiger charge is 2.24. The second-order valence-electron chi connectivity index (χ2n) is 4.88. The molecule has 1 saturated carbocycles. The normalized spacial score (nSPS) is 22.5. The van der Waals surface area contributed by atoms with Crippen LogP contribution in [0.25, 0.3) is 0 Å². The molecule has 0 saturated heterocycles. The Morgan fingerprint density at radius 1 is 1.37 bits per heavy atom. The van der Waals surface area contributed by atoms with Gasteiger partial charge in [-0.1, -0.05) is 6.42 Å². The van der Waals surface area contributed by atoms with E-state index in [4.69, 9.17) is 4.74 Å². The van der Waals surface area contributed by atoms with Crippen LogP contribution < -0.4 is 10.6 Å². The quantitative estimate of drug-likeness (QED) is 0.719. The van der Waals surface area contributed by atoms with E-state index in [0.29, 0.717) is 18.3 Å². The van der Waals surface area contributed by atoms with E-state index >= 15 is 0 Å². The predicted octanol–water partition coefficient (Wildman–Crippen LogP) is 1.24. The second kappa shape index (κ2) is 6.68. The molecule has 1 heterocycles. The molecule has 0 bridgehead atoms. The van der Waals surface area contributed by atoms with Gasteiger partial charge in [0.15, 0.2) is 5.82 Å². The Bertz CT molecular complexity index is 414. The minimum absolute atomic E-state index is 0.184. The first kappa shape index (κ1) is 14.0. The number of rotatable bonds is 6. The largest absolute Gasteiger partial charge is 0.393 e. The van der Waals surface area contributed by atoms with Gasteiger partial charge >= 0.3 is 0 Å². The van der Waals surface area contributed by atoms with Crippen LogP contribution in [0.3, 0.4) is 0 Å². The second-order valence-corrected chi connectivity index (χ2v) is 4.88. The minimum atomic E-state index is -0.184. The van der Waals surface area contributed by atoms with Crippen LogP contribution in [0.4, 0.5) is 11.6 Å². The van der Waals surface area contributed by atoms with E-state index in [2.05, 4.69) is 20.6 Å². The molecular weight excluding hydrogens is 244 g/mol. The molecule has 1 aromatic rings. The van der Waals surface area contributed by atoms with Gasteiger partial charge in [0.1, 0.15) is 18.2 Å². The zero-order valence-corrected chi connectivity index (χ0v) is 11.5. The van der Waals surface area contributed by atoms with Crippen molar-refractivity contribution >= 4 is 11.6 Å². The minimum Gasteiger partial charge on any atom is -0.393 e. The molecule has 0 aliphatic heterocycles. The average Bonchev–Trinajstić information content (AvgIpc) is 2.82. The summed E-state index contributed by atoms with van der Waals surface area (Å²) in [6.07, 6.45) is 2.90. The van der Waals surface area contributed by atoms with Gasteiger partial charge in [0.05, 0.1) is 6.10 Å². The van der Waals surface area contributed by atoms with Gasteiger partial charge in [-0.05, 0) is 12.8 Å². The van der Waals surface area contributed by atoms with Gasteiger partial charge in [-0.3, -0.25) is 0 Å². The molecule has 0 aromatic carbocycles. The molecule has 106 valence electrons. The number of ether oxygens (including phenoxy) is 1. The van der Waals surface area contributed by atoms with E-state index in [0.717, 1.165) is 37.4 Å². The highest BCUT2D eigenvalue weighted by Crippen LogP contribution is 2.25. The van der Waals surface area contributed by atoms with Crippen molar-refractivity contribution < 1.29 is 9.84 Å². The molecule has 0 amide bonds. The number of aromatic nitrogens is 2. The number of aliphatic hydroxyl groups excluding tert-OH is 1. The Hall–Kier alpha value is -1.40. The summed E-state index contributed by atoms with van der Waals surface area (Å²) < 4.78 is 5.06. The predicted molar refractivity (Wildman–Crippen MR) is 74.1 cm³/mol. The smallest absolute Gasteiger partial charge is 0.158 e. The maximum absolute atomic E-state index is 9.80. The van der Waals surface area contributed by atoms with Gasteiger partial charge in [-0.15, -0.1) is 0 Å². The summed E-state index contributed by atoms with van der Waals surface area (Å²) in [4.78, 5) is 8.69. The Morgan fingerprint density at radius 3 is 2.79 bits per heavy atom. The molecule has 19 heavy (non-hydrogen) atoms. The molecular formula is C13H22N4O2. The molecule has 0 radical (unpaired) electrons. The Labute approximate surface area is 113 Å². The zero-order chi connectivity index (χ0) is 13.7. The molecule has 1 aliphatic rings. The van der Waals surface area contributed by atoms with Gasteiger partial charge in [-0.2, -0.15) is 0 Å². The summed E-state index contributed by atoms with van der Waals surface area (Å²) in [5.74, 6) is 2.49. The maximum Gasteiger partial charge on any atom is 0.158 e. The standard InChI is InChI=1S/C13H22N4O2/c1-14-11-6-12(17-13(16-11)8-19-2)15-7-9-4-3-5-10(9)18/h6,9-10,18H,3-5,7-8H2,1-2H3,(H2,14,15,16,17). The summed E-state index contributed by atoms with van der Waals surface area (Å²) >= 11 is 0. The van der Waals surface area contributed by atoms with E-state index in [-0.39, 0.29) is 6.10 Å². The molecule has 1 aromatic heterocycles. The van der Waals surface area contributed by atoms with Crippen LogP contribution in [0.15, 0.2) is 6.07 Å². The summed E-state index contributed by atoms with van der Waals surface area (Å²) in [6.45, 7) is 1.13. The summed E-state index contributed by atoms with van der Waals surface area (Å²) in [5, 5.41) is 16.1. The van der Waals surface area contributed by atoms with Crippen molar-refractivity contribution in [1.29, 1.82) is 0 Å². The van der Waals surface area contributed by atoms with Crippen LogP contribution in [-0.4, -0.2) is 41.9 Å². The summed E-state index contributed by atoms with van der Waals surface area (Å²) in [7, 11) is 3.45. The lowest BCUT2D eigenvalue weighted by atomic mass is 10.1. The lowest BCUT2D eigenvalue weighted by molar-refractivity contribution is 0.138. The van der Waals surface area contributed by atoms with E-state index in [1.807, 2.05) is 13.1 Å². The van der Waals surface area contributed by atoms with Crippen LogP contribution in [0.5, 0.6) is 0 Å². The fourth-order valence-corrected chi connectivity index (χ4v) is 2.40. The van der Waals surface area contributed by atoms with Crippen molar-refractivity contribution in [3.8, 4) is 0 Å². The monoisotopic (exact) mass is 266 g/mol. The molecule has 3 N–H and O–H groups in total. The van der Waals surface area contributed by atoms with Crippen LogP contribution in [0, 0.1) is 5.92 Å². The number of anilines is 2. The first-order valence-corrected chi connectivity index (χ1v) is 6.69. The van der Waals surface area contributed by atoms with Crippen LogP contribution in [-0.2, 0) is 11.3 Å². The third kappa shape index (κ3) is 3.78. The van der Waals surface area contributed by atoms with Crippen LogP contribution >= 0.6 is 0 Å². The molecule has 2 rings (SSSR count). The van der Waals surface area contributed by atoms with E-state index in [1.54, 1.807) is 7.11 Å². The molecule has 2 unspecified atom stereocenters. The van der Waals surface area contributed by atoms with Crippen molar-refractivity contribution in [3.63, 3.8) is 0 Å². The van der Waals surface area contributed by atoms with Crippen LogP contribution in [0.2, 0.25) is 0 Å². The van der Waals surface area contributed by atoms with Gasteiger partial charge in [0, 0.05) is 32.7 Å². The van der Waals surface area contributed by atoms with Gasteiger partial charge in [0.2, 0.25) is 0 Å². The lowest BCUT2D eigenvalue weighted by Crippen LogP contribution is -2.22. The molecule has 2 atom stereocenters. The first-order valence-electron chi connectivity index (χ1n) is 6.69. The van der Waals surface area contributed by atoms with Crippen molar-refractivity contribution in [3.05, 3.63) is 11.9 Å². The molecule has 1 aliphatic carbocycles. The van der Waals surface area contributed by atoms with Crippen molar-refractivity contribution in [2.45, 2.75) is 32.0 Å². The van der Waals surface area contributed by atoms with Crippen LogP contribution in [0.1, 0.15) is 25.1 Å². The third-order valence-electron chi connectivity index (χ3n) is 3.47. The van der Waals surface area contributed by atoms with Crippen molar-refractivity contribution in [2.75, 3.05) is 31.3 Å².